The fourth-order valence-electron chi connectivity index (χ4n) is 1.99. The number of hydrogen-bond donors (Lipinski definition) is 0. The summed E-state index contributed by atoms with van der Waals surface area (Å²) in [6.45, 7) is 2.57. The van der Waals surface area contributed by atoms with Crippen LogP contribution >= 0.6 is 0 Å². The summed E-state index contributed by atoms with van der Waals surface area (Å²) < 4.78 is 13.0. The molecule has 0 amide bonds. The molecule has 21 heavy (non-hydrogen) atoms. The fourth-order valence-corrected chi connectivity index (χ4v) is 1.99. The van der Waals surface area contributed by atoms with Gasteiger partial charge in [0.05, 0.1) is 5.71 Å². The van der Waals surface area contributed by atoms with Crippen LogP contribution in [0.2, 0.25) is 0 Å². The highest BCUT2D eigenvalue weighted by Gasteiger charge is 2.05. The van der Waals surface area contributed by atoms with E-state index in [0.717, 1.165) is 36.1 Å². The van der Waals surface area contributed by atoms with Crippen molar-refractivity contribution in [2.45, 2.75) is 32.8 Å². The van der Waals surface area contributed by atoms with Gasteiger partial charge in [0, 0.05) is 0 Å². The van der Waals surface area contributed by atoms with Crippen LogP contribution in [0.4, 0.5) is 4.39 Å². The van der Waals surface area contributed by atoms with Crippen LogP contribution in [-0.4, -0.2) is 5.71 Å². The summed E-state index contributed by atoms with van der Waals surface area (Å²) in [6, 6.07) is 16.3. The van der Waals surface area contributed by atoms with E-state index in [0.29, 0.717) is 6.61 Å². The highest BCUT2D eigenvalue weighted by atomic mass is 19.1. The summed E-state index contributed by atoms with van der Waals surface area (Å²) in [7, 11) is 0. The van der Waals surface area contributed by atoms with E-state index < -0.39 is 0 Å². The first-order valence-electron chi connectivity index (χ1n) is 7.28. The molecule has 3 heteroatoms. The number of rotatable bonds is 7. The van der Waals surface area contributed by atoms with Crippen LogP contribution in [0.3, 0.4) is 0 Å². The Morgan fingerprint density at radius 1 is 1.05 bits per heavy atom. The molecule has 0 atom stereocenters. The van der Waals surface area contributed by atoms with Gasteiger partial charge < -0.3 is 4.84 Å². The van der Waals surface area contributed by atoms with E-state index >= 15 is 0 Å². The molecular weight excluding hydrogens is 265 g/mol. The van der Waals surface area contributed by atoms with Gasteiger partial charge in [-0.1, -0.05) is 61.0 Å². The Labute approximate surface area is 125 Å². The third kappa shape index (κ3) is 5.03. The summed E-state index contributed by atoms with van der Waals surface area (Å²) >= 11 is 0. The largest absolute Gasteiger partial charge is 0.391 e. The number of hydrogen-bond acceptors (Lipinski definition) is 2. The van der Waals surface area contributed by atoms with Crippen LogP contribution in [0.25, 0.3) is 0 Å². The van der Waals surface area contributed by atoms with Crippen molar-refractivity contribution in [2.75, 3.05) is 0 Å². The smallest absolute Gasteiger partial charge is 0.142 e. The summed E-state index contributed by atoms with van der Waals surface area (Å²) in [5.74, 6) is -0.237. The van der Waals surface area contributed by atoms with Gasteiger partial charge in [-0.25, -0.2) is 4.39 Å². The second-order valence-corrected chi connectivity index (χ2v) is 4.91. The maximum absolute atomic E-state index is 13.0. The first-order valence-corrected chi connectivity index (χ1v) is 7.28. The summed E-state index contributed by atoms with van der Waals surface area (Å²) in [6.07, 6.45) is 2.95. The molecule has 0 saturated carbocycles. The van der Waals surface area contributed by atoms with Gasteiger partial charge in [-0.3, -0.25) is 0 Å². The minimum atomic E-state index is -0.237. The Morgan fingerprint density at radius 2 is 1.76 bits per heavy atom. The molecule has 0 spiro atoms. The van der Waals surface area contributed by atoms with Crippen molar-refractivity contribution in [1.82, 2.24) is 0 Å². The first-order chi connectivity index (χ1) is 10.3. The van der Waals surface area contributed by atoms with E-state index in [1.54, 1.807) is 12.1 Å². The maximum atomic E-state index is 13.0. The number of halogens is 1. The predicted molar refractivity (Wildman–Crippen MR) is 83.7 cm³/mol. The minimum Gasteiger partial charge on any atom is -0.391 e. The Morgan fingerprint density at radius 3 is 2.43 bits per heavy atom. The van der Waals surface area contributed by atoms with Crippen LogP contribution in [-0.2, 0) is 11.4 Å². The zero-order valence-corrected chi connectivity index (χ0v) is 12.3. The molecule has 110 valence electrons. The molecule has 2 aromatic carbocycles. The average Bonchev–Trinajstić information content (AvgIpc) is 2.53. The van der Waals surface area contributed by atoms with Gasteiger partial charge in [0.25, 0.3) is 0 Å². The molecule has 0 bridgehead atoms. The minimum absolute atomic E-state index is 0.237. The molecule has 0 fully saturated rings. The first kappa shape index (κ1) is 15.2. The molecule has 0 aliphatic rings. The zero-order valence-electron chi connectivity index (χ0n) is 12.3. The fraction of sp³-hybridized carbons (Fsp3) is 0.278. The molecule has 0 saturated heterocycles. The summed E-state index contributed by atoms with van der Waals surface area (Å²) in [4.78, 5) is 5.46. The van der Waals surface area contributed by atoms with Crippen molar-refractivity contribution in [3.8, 4) is 0 Å². The van der Waals surface area contributed by atoms with Gasteiger partial charge in [0.1, 0.15) is 12.4 Å². The summed E-state index contributed by atoms with van der Waals surface area (Å²) in [5.41, 5.74) is 2.86. The van der Waals surface area contributed by atoms with Crippen molar-refractivity contribution < 1.29 is 9.23 Å². The van der Waals surface area contributed by atoms with Gasteiger partial charge in [0.2, 0.25) is 0 Å². The lowest BCUT2D eigenvalue weighted by atomic mass is 10.1. The van der Waals surface area contributed by atoms with E-state index in [2.05, 4.69) is 12.1 Å². The predicted octanol–water partition coefficient (Wildman–Crippen LogP) is 4.94. The van der Waals surface area contributed by atoms with Crippen LogP contribution < -0.4 is 0 Å². The van der Waals surface area contributed by atoms with Crippen LogP contribution in [0, 0.1) is 5.82 Å². The van der Waals surface area contributed by atoms with E-state index in [9.17, 15) is 4.39 Å². The standard InChI is InChI=1S/C18H20FNO/c1-2-3-9-18(16-10-12-17(19)13-11-16)20-21-14-15-7-5-4-6-8-15/h4-8,10-13H,2-3,9,14H2,1H3/b20-18+. The number of unbranched alkanes of at least 4 members (excludes halogenated alkanes) is 1. The van der Waals surface area contributed by atoms with E-state index in [4.69, 9.17) is 4.84 Å². The molecule has 2 nitrogen and oxygen atoms in total. The molecule has 0 radical (unpaired) electrons. The lowest BCUT2D eigenvalue weighted by Crippen LogP contribution is -2.02. The molecule has 0 aliphatic heterocycles. The Hall–Kier alpha value is -2.16. The normalized spacial score (nSPS) is 11.4. The lowest BCUT2D eigenvalue weighted by molar-refractivity contribution is 0.130. The molecule has 0 heterocycles. The van der Waals surface area contributed by atoms with Crippen LogP contribution in [0.15, 0.2) is 59.8 Å². The quantitative estimate of drug-likeness (QED) is 0.521. The average molecular weight is 285 g/mol. The number of nitrogens with zero attached hydrogens (tertiary/aromatic N) is 1. The van der Waals surface area contributed by atoms with Crippen LogP contribution in [0.5, 0.6) is 0 Å². The Kier molecular flexibility index (Phi) is 5.95. The van der Waals surface area contributed by atoms with Gasteiger partial charge >= 0.3 is 0 Å². The van der Waals surface area contributed by atoms with Crippen molar-refractivity contribution in [3.63, 3.8) is 0 Å². The molecule has 2 aromatic rings. The summed E-state index contributed by atoms with van der Waals surface area (Å²) in [5, 5.41) is 4.25. The monoisotopic (exact) mass is 285 g/mol. The van der Waals surface area contributed by atoms with Crippen molar-refractivity contribution in [1.29, 1.82) is 0 Å². The van der Waals surface area contributed by atoms with Gasteiger partial charge in [0.15, 0.2) is 0 Å². The molecule has 0 unspecified atom stereocenters. The molecule has 0 aliphatic carbocycles. The molecule has 2 rings (SSSR count). The van der Waals surface area contributed by atoms with Crippen molar-refractivity contribution >= 4 is 5.71 Å². The van der Waals surface area contributed by atoms with Gasteiger partial charge in [-0.2, -0.15) is 0 Å². The van der Waals surface area contributed by atoms with Crippen LogP contribution in [0.1, 0.15) is 37.3 Å². The van der Waals surface area contributed by atoms with E-state index in [1.807, 2.05) is 30.3 Å². The molecule has 0 aromatic heterocycles. The van der Waals surface area contributed by atoms with Gasteiger partial charge in [-0.05, 0) is 36.1 Å². The van der Waals surface area contributed by atoms with E-state index in [1.165, 1.54) is 12.1 Å². The topological polar surface area (TPSA) is 21.6 Å². The second-order valence-electron chi connectivity index (χ2n) is 4.91. The number of oxime groups is 1. The van der Waals surface area contributed by atoms with E-state index in [-0.39, 0.29) is 5.82 Å². The Bertz CT molecular complexity index is 564. The third-order valence-electron chi connectivity index (χ3n) is 3.19. The lowest BCUT2D eigenvalue weighted by Gasteiger charge is -2.07. The highest BCUT2D eigenvalue weighted by Crippen LogP contribution is 2.11. The van der Waals surface area contributed by atoms with Crippen molar-refractivity contribution in [2.24, 2.45) is 5.16 Å². The zero-order chi connectivity index (χ0) is 14.9. The van der Waals surface area contributed by atoms with Gasteiger partial charge in [-0.15, -0.1) is 0 Å². The highest BCUT2D eigenvalue weighted by molar-refractivity contribution is 6.00. The Balaban J connectivity index is 2.04. The SMILES string of the molecule is CCCC/C(=N\OCc1ccccc1)c1ccc(F)cc1. The third-order valence-corrected chi connectivity index (χ3v) is 3.19. The molecule has 0 N–H and O–H groups in total. The van der Waals surface area contributed by atoms with Crippen molar-refractivity contribution in [3.05, 3.63) is 71.5 Å². The maximum Gasteiger partial charge on any atom is 0.142 e. The second kappa shape index (κ2) is 8.20. The number of benzene rings is 2. The molecular formula is C18H20FNO.